The Morgan fingerprint density at radius 1 is 1.13 bits per heavy atom. The van der Waals surface area contributed by atoms with Gasteiger partial charge in [0.2, 0.25) is 5.88 Å². The van der Waals surface area contributed by atoms with E-state index in [0.29, 0.717) is 0 Å². The van der Waals surface area contributed by atoms with Crippen molar-refractivity contribution in [3.8, 4) is 17.0 Å². The van der Waals surface area contributed by atoms with Gasteiger partial charge in [0.1, 0.15) is 10.7 Å². The molecule has 3 heterocycles. The van der Waals surface area contributed by atoms with Crippen LogP contribution in [0.15, 0.2) is 41.7 Å². The summed E-state index contributed by atoms with van der Waals surface area (Å²) in [5.74, 6) is 0.774. The Kier molecular flexibility index (Phi) is 5.90. The van der Waals surface area contributed by atoms with Crippen LogP contribution in [0, 0.1) is 6.92 Å². The highest BCUT2D eigenvalue weighted by Crippen LogP contribution is 2.34. The van der Waals surface area contributed by atoms with E-state index in [0.717, 1.165) is 57.1 Å². The second-order valence-electron chi connectivity index (χ2n) is 8.28. The Hall–Kier alpha value is -2.64. The van der Waals surface area contributed by atoms with Crippen molar-refractivity contribution < 1.29 is 4.74 Å². The zero-order valence-electron chi connectivity index (χ0n) is 18.7. The molecule has 31 heavy (non-hydrogen) atoms. The molecule has 1 aliphatic heterocycles. The van der Waals surface area contributed by atoms with Crippen molar-refractivity contribution in [2.75, 3.05) is 13.6 Å². The van der Waals surface area contributed by atoms with Crippen LogP contribution in [0.4, 0.5) is 0 Å². The molecule has 1 unspecified atom stereocenters. The summed E-state index contributed by atoms with van der Waals surface area (Å²) in [6, 6.07) is 6.41. The van der Waals surface area contributed by atoms with Gasteiger partial charge in [-0.25, -0.2) is 4.68 Å². The summed E-state index contributed by atoms with van der Waals surface area (Å²) in [6.45, 7) is 10.1. The fourth-order valence-corrected chi connectivity index (χ4v) is 4.65. The highest BCUT2D eigenvalue weighted by Gasteiger charge is 2.20. The van der Waals surface area contributed by atoms with Gasteiger partial charge in [-0.3, -0.25) is 9.58 Å². The lowest BCUT2D eigenvalue weighted by molar-refractivity contribution is 0.147. The first-order valence-electron chi connectivity index (χ1n) is 10.3. The van der Waals surface area contributed by atoms with Crippen LogP contribution in [0.2, 0.25) is 0 Å². The zero-order valence-corrected chi connectivity index (χ0v) is 20.3. The molecule has 1 aliphatic rings. The Balaban J connectivity index is 1.86. The predicted octanol–water partition coefficient (Wildman–Crippen LogP) is 4.83. The molecule has 2 bridgehead atoms. The second kappa shape index (κ2) is 8.48. The lowest BCUT2D eigenvalue weighted by Crippen LogP contribution is -2.32. The zero-order chi connectivity index (χ0) is 22.3. The van der Waals surface area contributed by atoms with Crippen LogP contribution in [0.1, 0.15) is 29.3 Å². The van der Waals surface area contributed by atoms with Crippen molar-refractivity contribution in [1.82, 2.24) is 24.5 Å². The minimum absolute atomic E-state index is 0.0141. The van der Waals surface area contributed by atoms with Crippen molar-refractivity contribution in [2.24, 2.45) is 14.1 Å². The van der Waals surface area contributed by atoms with Crippen molar-refractivity contribution in [1.29, 1.82) is 0 Å². The number of halogens is 1. The number of likely N-dealkylation sites (N-methyl/N-ethyl adjacent to an activating group) is 1. The molecule has 0 saturated heterocycles. The lowest BCUT2D eigenvalue weighted by Gasteiger charge is -2.23. The molecular formula is C24H28BrN5O. The molecule has 0 spiro atoms. The Morgan fingerprint density at radius 3 is 2.68 bits per heavy atom. The third-order valence-corrected chi connectivity index (χ3v) is 6.28. The lowest BCUT2D eigenvalue weighted by atomic mass is 9.96. The molecule has 1 aromatic carbocycles. The third kappa shape index (κ3) is 4.25. The van der Waals surface area contributed by atoms with E-state index in [4.69, 9.17) is 4.74 Å². The van der Waals surface area contributed by atoms with Crippen LogP contribution in [-0.4, -0.2) is 44.2 Å². The first-order chi connectivity index (χ1) is 14.7. The summed E-state index contributed by atoms with van der Waals surface area (Å²) < 4.78 is 10.9. The van der Waals surface area contributed by atoms with E-state index in [1.54, 1.807) is 4.68 Å². The average Bonchev–Trinajstić information content (AvgIpc) is 3.19. The molecule has 0 saturated carbocycles. The van der Waals surface area contributed by atoms with Gasteiger partial charge in [-0.1, -0.05) is 24.8 Å². The number of nitrogens with zero attached hydrogens (tertiary/aromatic N) is 5. The van der Waals surface area contributed by atoms with E-state index in [2.05, 4.69) is 88.9 Å². The maximum atomic E-state index is 6.38. The van der Waals surface area contributed by atoms with Gasteiger partial charge in [-0.15, -0.1) is 0 Å². The molecule has 0 amide bonds. The molecular weight excluding hydrogens is 454 g/mol. The van der Waals surface area contributed by atoms with E-state index in [1.165, 1.54) is 5.56 Å². The minimum atomic E-state index is -0.0141. The van der Waals surface area contributed by atoms with Crippen LogP contribution in [0.25, 0.3) is 22.8 Å². The summed E-state index contributed by atoms with van der Waals surface area (Å²) in [5, 5.41) is 9.03. The van der Waals surface area contributed by atoms with Crippen LogP contribution in [0.3, 0.4) is 0 Å². The first-order valence-corrected chi connectivity index (χ1v) is 11.1. The van der Waals surface area contributed by atoms with E-state index in [1.807, 2.05) is 25.0 Å². The number of fused-ring (bicyclic) bond motifs is 5. The Labute approximate surface area is 191 Å². The van der Waals surface area contributed by atoms with Crippen molar-refractivity contribution in [2.45, 2.75) is 26.5 Å². The normalized spacial score (nSPS) is 18.5. The van der Waals surface area contributed by atoms with Crippen LogP contribution in [-0.2, 0) is 20.6 Å². The smallest absolute Gasteiger partial charge is 0.219 e. The topological polar surface area (TPSA) is 48.1 Å². The molecule has 4 rings (SSSR count). The molecule has 7 heteroatoms. The number of aryl methyl sites for hydroxylation is 3. The first kappa shape index (κ1) is 21.6. The number of hydrogen-bond donors (Lipinski definition) is 0. The SMILES string of the molecule is C=C1/C=C/c2c(Br)nn(C)c2CN(C)CC(C)Oc2c(cnn2C)-c2ccc(C)c1c2. The van der Waals surface area contributed by atoms with Crippen LogP contribution < -0.4 is 4.74 Å². The standard InChI is InChI=1S/C24H28BrN5O/c1-15-7-9-18-11-20(15)16(2)8-10-19-22(29(5)27-23(19)25)14-28(4)13-17(3)31-24-21(18)12-26-30(24)6/h7-12,17H,2,13-14H2,1,3-6H3/b10-8+. The van der Waals surface area contributed by atoms with Gasteiger partial charge in [-0.2, -0.15) is 10.2 Å². The molecule has 0 radical (unpaired) electrons. The highest BCUT2D eigenvalue weighted by molar-refractivity contribution is 9.10. The average molecular weight is 482 g/mol. The van der Waals surface area contributed by atoms with Gasteiger partial charge in [-0.05, 0) is 71.2 Å². The van der Waals surface area contributed by atoms with Gasteiger partial charge in [0.15, 0.2) is 0 Å². The van der Waals surface area contributed by atoms with Crippen molar-refractivity contribution in [3.05, 3.63) is 64.0 Å². The minimum Gasteiger partial charge on any atom is -0.473 e. The molecule has 1 atom stereocenters. The summed E-state index contributed by atoms with van der Waals surface area (Å²) >= 11 is 3.62. The quantitative estimate of drug-likeness (QED) is 0.461. The molecule has 0 N–H and O–H groups in total. The van der Waals surface area contributed by atoms with Crippen LogP contribution in [0.5, 0.6) is 5.88 Å². The maximum absolute atomic E-state index is 6.38. The number of hydrogen-bond acceptors (Lipinski definition) is 4. The largest absolute Gasteiger partial charge is 0.473 e. The molecule has 162 valence electrons. The van der Waals surface area contributed by atoms with E-state index in [9.17, 15) is 0 Å². The number of aromatic nitrogens is 4. The number of allylic oxidation sites excluding steroid dienone is 2. The van der Waals surface area contributed by atoms with Crippen LogP contribution >= 0.6 is 15.9 Å². The van der Waals surface area contributed by atoms with Gasteiger partial charge >= 0.3 is 0 Å². The molecule has 0 fully saturated rings. The maximum Gasteiger partial charge on any atom is 0.219 e. The van der Waals surface area contributed by atoms with Crippen molar-refractivity contribution in [3.63, 3.8) is 0 Å². The van der Waals surface area contributed by atoms with Gasteiger partial charge < -0.3 is 4.74 Å². The second-order valence-corrected chi connectivity index (χ2v) is 9.03. The molecule has 6 nitrogen and oxygen atoms in total. The summed E-state index contributed by atoms with van der Waals surface area (Å²) in [5.41, 5.74) is 7.48. The fourth-order valence-electron chi connectivity index (χ4n) is 4.05. The van der Waals surface area contributed by atoms with E-state index >= 15 is 0 Å². The molecule has 0 aliphatic carbocycles. The van der Waals surface area contributed by atoms with Gasteiger partial charge in [0.05, 0.1) is 17.5 Å². The Morgan fingerprint density at radius 2 is 1.90 bits per heavy atom. The Bertz CT molecular complexity index is 1170. The molecule has 3 aromatic rings. The summed E-state index contributed by atoms with van der Waals surface area (Å²) in [6.07, 6.45) is 6.03. The highest BCUT2D eigenvalue weighted by atomic mass is 79.9. The number of benzene rings is 1. The number of rotatable bonds is 0. The monoisotopic (exact) mass is 481 g/mol. The predicted molar refractivity (Wildman–Crippen MR) is 129 cm³/mol. The fraction of sp³-hybridized carbons (Fsp3) is 0.333. The van der Waals surface area contributed by atoms with Gasteiger partial charge in [0, 0.05) is 32.7 Å². The molecule has 2 aromatic heterocycles. The number of ether oxygens (including phenoxy) is 1. The van der Waals surface area contributed by atoms with Crippen molar-refractivity contribution >= 4 is 27.6 Å². The van der Waals surface area contributed by atoms with E-state index < -0.39 is 0 Å². The third-order valence-electron chi connectivity index (χ3n) is 5.69. The van der Waals surface area contributed by atoms with Gasteiger partial charge in [0.25, 0.3) is 0 Å². The summed E-state index contributed by atoms with van der Waals surface area (Å²) in [7, 11) is 5.99. The summed E-state index contributed by atoms with van der Waals surface area (Å²) in [4.78, 5) is 2.25. The van der Waals surface area contributed by atoms with E-state index in [-0.39, 0.29) is 6.10 Å².